The quantitative estimate of drug-likeness (QED) is 0.201. The lowest BCUT2D eigenvalue weighted by atomic mass is 10.0. The summed E-state index contributed by atoms with van der Waals surface area (Å²) in [5, 5.41) is 10.7. The fourth-order valence-electron chi connectivity index (χ4n) is 5.31. The number of aromatic nitrogens is 4. The lowest BCUT2D eigenvalue weighted by Gasteiger charge is -2.23. The van der Waals surface area contributed by atoms with Gasteiger partial charge in [0.15, 0.2) is 5.65 Å². The maximum atomic E-state index is 13.2. The van der Waals surface area contributed by atoms with Crippen molar-refractivity contribution >= 4 is 40.5 Å². The molecule has 3 aromatic heterocycles. The number of nitrogens with zero attached hydrogens (tertiary/aromatic N) is 5. The number of fused-ring (bicyclic) bond motifs is 1. The Kier molecular flexibility index (Phi) is 7.73. The van der Waals surface area contributed by atoms with E-state index < -0.39 is 11.6 Å². The van der Waals surface area contributed by atoms with Gasteiger partial charge < -0.3 is 20.3 Å². The first kappa shape index (κ1) is 28.9. The highest BCUT2D eigenvalue weighted by molar-refractivity contribution is 6.05. The molecule has 0 bridgehead atoms. The lowest BCUT2D eigenvalue weighted by Crippen LogP contribution is -2.27. The first-order chi connectivity index (χ1) is 21.1. The van der Waals surface area contributed by atoms with Gasteiger partial charge in [0.1, 0.15) is 23.6 Å². The molecule has 10 nitrogen and oxygen atoms in total. The number of nitrogens with one attached hydrogen (secondary N) is 2. The van der Waals surface area contributed by atoms with Gasteiger partial charge in [0.05, 0.1) is 11.3 Å². The van der Waals surface area contributed by atoms with Crippen molar-refractivity contribution in [2.75, 3.05) is 22.1 Å². The van der Waals surface area contributed by atoms with E-state index in [0.29, 0.717) is 28.5 Å². The molecule has 10 heteroatoms. The first-order valence-corrected chi connectivity index (χ1v) is 14.7. The van der Waals surface area contributed by atoms with E-state index in [9.17, 15) is 9.59 Å². The number of esters is 1. The van der Waals surface area contributed by atoms with Gasteiger partial charge in [0, 0.05) is 35.6 Å². The molecule has 0 aliphatic carbocycles. The zero-order valence-electron chi connectivity index (χ0n) is 25.2. The second-order valence-electron chi connectivity index (χ2n) is 12.0. The molecule has 2 N–H and O–H groups in total. The molecule has 1 aliphatic rings. The smallest absolute Gasteiger partial charge is 0.338 e. The maximum Gasteiger partial charge on any atom is 0.338 e. The number of amides is 1. The van der Waals surface area contributed by atoms with E-state index in [4.69, 9.17) is 9.72 Å². The van der Waals surface area contributed by atoms with Crippen molar-refractivity contribution in [1.29, 1.82) is 0 Å². The average Bonchev–Trinajstić information content (AvgIpc) is 3.66. The number of ether oxygens (including phenoxy) is 1. The van der Waals surface area contributed by atoms with Gasteiger partial charge in [-0.2, -0.15) is 5.10 Å². The van der Waals surface area contributed by atoms with E-state index in [1.54, 1.807) is 34.8 Å². The molecule has 5 aromatic rings. The molecule has 6 rings (SSSR count). The van der Waals surface area contributed by atoms with Gasteiger partial charge in [-0.05, 0) is 101 Å². The fourth-order valence-corrected chi connectivity index (χ4v) is 5.31. The molecule has 1 amide bonds. The maximum absolute atomic E-state index is 13.2. The van der Waals surface area contributed by atoms with Gasteiger partial charge in [0.25, 0.3) is 5.91 Å². The summed E-state index contributed by atoms with van der Waals surface area (Å²) in [6.45, 7) is 8.69. The number of pyridine rings is 2. The van der Waals surface area contributed by atoms with Crippen LogP contribution < -0.4 is 15.5 Å². The number of anilines is 4. The summed E-state index contributed by atoms with van der Waals surface area (Å²) in [6.07, 6.45) is 5.73. The van der Waals surface area contributed by atoms with Crippen molar-refractivity contribution in [1.82, 2.24) is 19.6 Å². The molecule has 1 unspecified atom stereocenters. The number of hydrogen-bond donors (Lipinski definition) is 2. The lowest BCUT2D eigenvalue weighted by molar-refractivity contribution is 0.00694. The number of rotatable bonds is 7. The van der Waals surface area contributed by atoms with Crippen molar-refractivity contribution in [3.63, 3.8) is 0 Å². The SMILES string of the molecule is CC1CCCN1c1cccc(Nc2cc(-c3cccc(C(=O)Nc4ccc(C(=O)OC(C)(C)C)cc4)c3)cn3ncnc23)n1. The molecule has 1 saturated heterocycles. The van der Waals surface area contributed by atoms with Crippen molar-refractivity contribution in [2.45, 2.75) is 52.2 Å². The van der Waals surface area contributed by atoms with E-state index in [0.717, 1.165) is 35.0 Å². The third-order valence-corrected chi connectivity index (χ3v) is 7.46. The van der Waals surface area contributed by atoms with Crippen LogP contribution in [-0.2, 0) is 4.74 Å². The van der Waals surface area contributed by atoms with E-state index in [-0.39, 0.29) is 5.91 Å². The number of benzene rings is 2. The molecule has 2 aromatic carbocycles. The molecular weight excluding hydrogens is 554 g/mol. The van der Waals surface area contributed by atoms with Crippen LogP contribution in [0.3, 0.4) is 0 Å². The van der Waals surface area contributed by atoms with Gasteiger partial charge in [0.2, 0.25) is 0 Å². The van der Waals surface area contributed by atoms with Crippen LogP contribution in [0, 0.1) is 0 Å². The summed E-state index contributed by atoms with van der Waals surface area (Å²) in [5.74, 6) is 0.987. The van der Waals surface area contributed by atoms with Crippen molar-refractivity contribution < 1.29 is 14.3 Å². The molecule has 0 spiro atoms. The molecule has 224 valence electrons. The average molecular weight is 590 g/mol. The Morgan fingerprint density at radius 2 is 1.75 bits per heavy atom. The molecule has 0 radical (unpaired) electrons. The Hall–Kier alpha value is -5.25. The first-order valence-electron chi connectivity index (χ1n) is 14.7. The van der Waals surface area contributed by atoms with Crippen LogP contribution in [-0.4, -0.2) is 49.6 Å². The zero-order valence-corrected chi connectivity index (χ0v) is 25.2. The number of carbonyl (C=O) groups excluding carboxylic acids is 2. The Morgan fingerprint density at radius 3 is 2.50 bits per heavy atom. The van der Waals surface area contributed by atoms with Crippen LogP contribution >= 0.6 is 0 Å². The highest BCUT2D eigenvalue weighted by Gasteiger charge is 2.22. The molecule has 44 heavy (non-hydrogen) atoms. The summed E-state index contributed by atoms with van der Waals surface area (Å²) < 4.78 is 7.13. The molecular formula is C34H35N7O3. The zero-order chi connectivity index (χ0) is 30.8. The summed E-state index contributed by atoms with van der Waals surface area (Å²) >= 11 is 0. The largest absolute Gasteiger partial charge is 0.456 e. The van der Waals surface area contributed by atoms with Crippen LogP contribution in [0.1, 0.15) is 61.3 Å². The van der Waals surface area contributed by atoms with Crippen LogP contribution in [0.25, 0.3) is 16.8 Å². The summed E-state index contributed by atoms with van der Waals surface area (Å²) in [6, 6.07) is 22.5. The fraction of sp³-hybridized carbons (Fsp3) is 0.265. The van der Waals surface area contributed by atoms with Crippen molar-refractivity contribution in [3.8, 4) is 11.1 Å². The standard InChI is InChI=1S/C34H35N7O3/c1-22-8-7-17-40(22)30-12-6-11-29(39-30)38-28-19-26(20-41-31(28)35-21-36-41)24-9-5-10-25(18-24)32(42)37-27-15-13-23(14-16-27)33(43)44-34(2,3)4/h5-6,9-16,18-22H,7-8,17H2,1-4H3,(H,37,42)(H,38,39). The number of hydrogen-bond acceptors (Lipinski definition) is 8. The van der Waals surface area contributed by atoms with Gasteiger partial charge in [-0.3, -0.25) is 4.79 Å². The van der Waals surface area contributed by atoms with E-state index in [1.807, 2.05) is 69.4 Å². The summed E-state index contributed by atoms with van der Waals surface area (Å²) in [4.78, 5) is 37.2. The molecule has 1 fully saturated rings. The molecule has 1 atom stereocenters. The van der Waals surface area contributed by atoms with E-state index >= 15 is 0 Å². The van der Waals surface area contributed by atoms with Gasteiger partial charge in [-0.1, -0.05) is 18.2 Å². The number of carbonyl (C=O) groups is 2. The van der Waals surface area contributed by atoms with Gasteiger partial charge >= 0.3 is 5.97 Å². The highest BCUT2D eigenvalue weighted by Crippen LogP contribution is 2.30. The van der Waals surface area contributed by atoms with Gasteiger partial charge in [-0.15, -0.1) is 0 Å². The second-order valence-corrected chi connectivity index (χ2v) is 12.0. The Balaban J connectivity index is 1.22. The van der Waals surface area contributed by atoms with Crippen molar-refractivity contribution in [2.24, 2.45) is 0 Å². The Bertz CT molecular complexity index is 1830. The van der Waals surface area contributed by atoms with Crippen LogP contribution in [0.4, 0.5) is 23.0 Å². The molecule has 1 aliphatic heterocycles. The minimum atomic E-state index is -0.585. The van der Waals surface area contributed by atoms with E-state index in [2.05, 4.69) is 32.5 Å². The van der Waals surface area contributed by atoms with Crippen LogP contribution in [0.5, 0.6) is 0 Å². The Morgan fingerprint density at radius 1 is 0.955 bits per heavy atom. The minimum absolute atomic E-state index is 0.269. The summed E-state index contributed by atoms with van der Waals surface area (Å²) in [7, 11) is 0. The monoisotopic (exact) mass is 589 g/mol. The molecule has 4 heterocycles. The van der Waals surface area contributed by atoms with Crippen LogP contribution in [0.15, 0.2) is 85.3 Å². The predicted molar refractivity (Wildman–Crippen MR) is 172 cm³/mol. The van der Waals surface area contributed by atoms with Crippen LogP contribution in [0.2, 0.25) is 0 Å². The van der Waals surface area contributed by atoms with E-state index in [1.165, 1.54) is 19.2 Å². The normalized spacial score (nSPS) is 14.9. The third kappa shape index (κ3) is 6.39. The third-order valence-electron chi connectivity index (χ3n) is 7.46. The topological polar surface area (TPSA) is 114 Å². The predicted octanol–water partition coefficient (Wildman–Crippen LogP) is 6.73. The highest BCUT2D eigenvalue weighted by atomic mass is 16.6. The minimum Gasteiger partial charge on any atom is -0.456 e. The molecule has 0 saturated carbocycles. The second kappa shape index (κ2) is 11.8. The van der Waals surface area contributed by atoms with Crippen molar-refractivity contribution in [3.05, 3.63) is 96.4 Å². The Labute approximate surface area is 256 Å². The summed E-state index contributed by atoms with van der Waals surface area (Å²) in [5.41, 5.74) is 4.00. The van der Waals surface area contributed by atoms with Gasteiger partial charge in [-0.25, -0.2) is 19.3 Å².